The predicted octanol–water partition coefficient (Wildman–Crippen LogP) is 3.60. The van der Waals surface area contributed by atoms with Crippen molar-refractivity contribution in [1.82, 2.24) is 4.90 Å². The fourth-order valence-electron chi connectivity index (χ4n) is 2.22. The minimum absolute atomic E-state index is 0.0621. The van der Waals surface area contributed by atoms with E-state index in [9.17, 15) is 4.79 Å². The lowest BCUT2D eigenvalue weighted by molar-refractivity contribution is 0.0147. The molecular formula is C14H25NO2. The van der Waals surface area contributed by atoms with E-state index in [1.807, 2.05) is 31.7 Å². The monoisotopic (exact) mass is 239 g/mol. The zero-order valence-corrected chi connectivity index (χ0v) is 11.7. The maximum atomic E-state index is 12.1. The smallest absolute Gasteiger partial charge is 0.410 e. The van der Waals surface area contributed by atoms with E-state index >= 15 is 0 Å². The lowest BCUT2D eigenvalue weighted by atomic mass is 9.83. The van der Waals surface area contributed by atoms with Crippen LogP contribution in [0.1, 0.15) is 47.5 Å². The zero-order valence-electron chi connectivity index (χ0n) is 11.7. The molecule has 1 amide bonds. The molecule has 0 N–H and O–H groups in total. The Morgan fingerprint density at radius 1 is 1.35 bits per heavy atom. The summed E-state index contributed by atoms with van der Waals surface area (Å²) in [6, 6.07) is 0.204. The minimum atomic E-state index is -0.428. The third-order valence-electron chi connectivity index (χ3n) is 3.27. The fraction of sp³-hybridized carbons (Fsp3) is 0.786. The Morgan fingerprint density at radius 3 is 2.41 bits per heavy atom. The van der Waals surface area contributed by atoms with Crippen LogP contribution in [0.25, 0.3) is 0 Å². The van der Waals surface area contributed by atoms with Crippen LogP contribution in [0.15, 0.2) is 12.7 Å². The third-order valence-corrected chi connectivity index (χ3v) is 3.27. The van der Waals surface area contributed by atoms with Gasteiger partial charge in [0.05, 0.1) is 0 Å². The standard InChI is InChI=1S/C14H25NO2/c1-7-14(5,6)11-9-8-10-15(11)12(16)17-13(2,3)4/h7,11H,1,8-10H2,2-6H3/t11-/m1/s1. The van der Waals surface area contributed by atoms with Gasteiger partial charge < -0.3 is 9.64 Å². The number of likely N-dealkylation sites (tertiary alicyclic amines) is 1. The van der Waals surface area contributed by atoms with Crippen molar-refractivity contribution in [1.29, 1.82) is 0 Å². The lowest BCUT2D eigenvalue weighted by Gasteiger charge is -2.36. The van der Waals surface area contributed by atoms with Crippen LogP contribution in [0, 0.1) is 5.41 Å². The van der Waals surface area contributed by atoms with Gasteiger partial charge in [0.1, 0.15) is 5.60 Å². The fourth-order valence-corrected chi connectivity index (χ4v) is 2.22. The van der Waals surface area contributed by atoms with Gasteiger partial charge in [-0.2, -0.15) is 0 Å². The second-order valence-electron chi connectivity index (χ2n) is 6.36. The largest absolute Gasteiger partial charge is 0.444 e. The van der Waals surface area contributed by atoms with Crippen LogP contribution in [-0.2, 0) is 4.74 Å². The molecule has 0 aromatic heterocycles. The molecule has 1 saturated heterocycles. The van der Waals surface area contributed by atoms with Gasteiger partial charge in [0.2, 0.25) is 0 Å². The van der Waals surface area contributed by atoms with Gasteiger partial charge in [0, 0.05) is 18.0 Å². The molecule has 0 saturated carbocycles. The average Bonchev–Trinajstić information content (AvgIpc) is 2.63. The quantitative estimate of drug-likeness (QED) is 0.689. The van der Waals surface area contributed by atoms with Crippen molar-refractivity contribution in [3.05, 3.63) is 12.7 Å². The first kappa shape index (κ1) is 14.1. The summed E-state index contributed by atoms with van der Waals surface area (Å²) in [7, 11) is 0. The summed E-state index contributed by atoms with van der Waals surface area (Å²) in [5.74, 6) is 0. The number of carbonyl (C=O) groups is 1. The highest BCUT2D eigenvalue weighted by molar-refractivity contribution is 5.69. The van der Waals surface area contributed by atoms with Crippen molar-refractivity contribution >= 4 is 6.09 Å². The van der Waals surface area contributed by atoms with Gasteiger partial charge in [0.25, 0.3) is 0 Å². The molecule has 0 aliphatic carbocycles. The Labute approximate surface area is 105 Å². The number of amides is 1. The summed E-state index contributed by atoms with van der Waals surface area (Å²) >= 11 is 0. The first-order valence-electron chi connectivity index (χ1n) is 6.30. The lowest BCUT2D eigenvalue weighted by Crippen LogP contribution is -2.45. The van der Waals surface area contributed by atoms with Crippen LogP contribution in [0.4, 0.5) is 4.79 Å². The van der Waals surface area contributed by atoms with Gasteiger partial charge in [-0.1, -0.05) is 19.9 Å². The van der Waals surface area contributed by atoms with E-state index < -0.39 is 5.60 Å². The highest BCUT2D eigenvalue weighted by Crippen LogP contribution is 2.34. The minimum Gasteiger partial charge on any atom is -0.444 e. The second kappa shape index (κ2) is 4.71. The first-order chi connectivity index (χ1) is 7.67. The Hall–Kier alpha value is -0.990. The van der Waals surface area contributed by atoms with E-state index in [4.69, 9.17) is 4.74 Å². The molecule has 0 bridgehead atoms. The van der Waals surface area contributed by atoms with Gasteiger partial charge in [-0.05, 0) is 33.6 Å². The normalized spacial score (nSPS) is 21.5. The summed E-state index contributed by atoms with van der Waals surface area (Å²) in [6.45, 7) is 14.6. The van der Waals surface area contributed by atoms with Crippen LogP contribution < -0.4 is 0 Å². The van der Waals surface area contributed by atoms with Gasteiger partial charge >= 0.3 is 6.09 Å². The van der Waals surface area contributed by atoms with Crippen molar-refractivity contribution in [2.75, 3.05) is 6.54 Å². The molecule has 1 heterocycles. The highest BCUT2D eigenvalue weighted by atomic mass is 16.6. The molecule has 3 nitrogen and oxygen atoms in total. The molecule has 0 radical (unpaired) electrons. The molecule has 1 aliphatic heterocycles. The van der Waals surface area contributed by atoms with E-state index in [0.717, 1.165) is 19.4 Å². The van der Waals surface area contributed by atoms with Crippen LogP contribution in [-0.4, -0.2) is 29.2 Å². The van der Waals surface area contributed by atoms with Crippen LogP contribution in [0.5, 0.6) is 0 Å². The molecule has 0 aromatic carbocycles. The molecule has 0 spiro atoms. The number of hydrogen-bond acceptors (Lipinski definition) is 2. The molecule has 0 unspecified atom stereocenters. The van der Waals surface area contributed by atoms with E-state index in [-0.39, 0.29) is 17.6 Å². The number of hydrogen-bond donors (Lipinski definition) is 0. The predicted molar refractivity (Wildman–Crippen MR) is 69.9 cm³/mol. The van der Waals surface area contributed by atoms with Gasteiger partial charge in [0.15, 0.2) is 0 Å². The number of carbonyl (C=O) groups excluding carboxylic acids is 1. The average molecular weight is 239 g/mol. The molecule has 3 heteroatoms. The number of nitrogens with zero attached hydrogens (tertiary/aromatic N) is 1. The van der Waals surface area contributed by atoms with E-state index in [2.05, 4.69) is 20.4 Å². The van der Waals surface area contributed by atoms with Crippen molar-refractivity contribution < 1.29 is 9.53 Å². The van der Waals surface area contributed by atoms with Gasteiger partial charge in [-0.3, -0.25) is 0 Å². The van der Waals surface area contributed by atoms with Crippen molar-refractivity contribution in [2.24, 2.45) is 5.41 Å². The summed E-state index contributed by atoms with van der Waals surface area (Å²) in [6.07, 6.45) is 3.80. The third kappa shape index (κ3) is 3.48. The summed E-state index contributed by atoms with van der Waals surface area (Å²) in [5, 5.41) is 0. The summed E-state index contributed by atoms with van der Waals surface area (Å²) < 4.78 is 5.44. The molecule has 1 atom stereocenters. The van der Waals surface area contributed by atoms with Crippen LogP contribution in [0.2, 0.25) is 0 Å². The maximum Gasteiger partial charge on any atom is 0.410 e. The van der Waals surface area contributed by atoms with Crippen molar-refractivity contribution in [2.45, 2.75) is 59.1 Å². The van der Waals surface area contributed by atoms with E-state index in [0.29, 0.717) is 0 Å². The second-order valence-corrected chi connectivity index (χ2v) is 6.36. The van der Waals surface area contributed by atoms with E-state index in [1.165, 1.54) is 0 Å². The first-order valence-corrected chi connectivity index (χ1v) is 6.30. The zero-order chi connectivity index (χ0) is 13.3. The molecule has 1 aliphatic rings. The van der Waals surface area contributed by atoms with Crippen LogP contribution >= 0.6 is 0 Å². The molecule has 1 fully saturated rings. The van der Waals surface area contributed by atoms with Crippen molar-refractivity contribution in [3.63, 3.8) is 0 Å². The molecule has 1 rings (SSSR count). The number of rotatable bonds is 2. The Balaban J connectivity index is 2.76. The maximum absolute atomic E-state index is 12.1. The topological polar surface area (TPSA) is 29.5 Å². The summed E-state index contributed by atoms with van der Waals surface area (Å²) in [5.41, 5.74) is -0.490. The Bertz CT molecular complexity index is 302. The van der Waals surface area contributed by atoms with Crippen molar-refractivity contribution in [3.8, 4) is 0 Å². The highest BCUT2D eigenvalue weighted by Gasteiger charge is 2.39. The van der Waals surface area contributed by atoms with Gasteiger partial charge in [-0.25, -0.2) is 4.79 Å². The molecule has 17 heavy (non-hydrogen) atoms. The van der Waals surface area contributed by atoms with Crippen LogP contribution in [0.3, 0.4) is 0 Å². The molecule has 98 valence electrons. The molecule has 0 aromatic rings. The molecular weight excluding hydrogens is 214 g/mol. The van der Waals surface area contributed by atoms with Gasteiger partial charge in [-0.15, -0.1) is 6.58 Å². The van der Waals surface area contributed by atoms with E-state index in [1.54, 1.807) is 0 Å². The Morgan fingerprint density at radius 2 is 1.94 bits per heavy atom. The SMILES string of the molecule is C=CC(C)(C)[C@H]1CCCN1C(=O)OC(C)(C)C. The summed E-state index contributed by atoms with van der Waals surface area (Å²) in [4.78, 5) is 14.0. The Kier molecular flexibility index (Phi) is 3.90. The number of ether oxygens (including phenoxy) is 1.